The Balaban J connectivity index is 2.71. The highest BCUT2D eigenvalue weighted by atomic mass is 19.1. The lowest BCUT2D eigenvalue weighted by Gasteiger charge is -2.22. The molecule has 0 aromatic heterocycles. The Morgan fingerprint density at radius 1 is 1.08 bits per heavy atom. The zero-order valence-electron chi connectivity index (χ0n) is 15.1. The molecule has 0 amide bonds. The fourth-order valence-electron chi connectivity index (χ4n) is 2.83. The second-order valence-electron chi connectivity index (χ2n) is 6.01. The molecule has 0 radical (unpaired) electrons. The van der Waals surface area contributed by atoms with Crippen molar-refractivity contribution in [1.29, 1.82) is 0 Å². The quantitative estimate of drug-likeness (QED) is 0.728. The van der Waals surface area contributed by atoms with Crippen LogP contribution in [0, 0.1) is 5.82 Å². The lowest BCUT2D eigenvalue weighted by atomic mass is 9.89. The highest BCUT2D eigenvalue weighted by Gasteiger charge is 2.22. The Morgan fingerprint density at radius 3 is 2.28 bits per heavy atom. The number of aliphatic hydroxyl groups excluding tert-OH is 1. The Hall–Kier alpha value is -2.11. The van der Waals surface area contributed by atoms with Crippen molar-refractivity contribution in [3.05, 3.63) is 47.3 Å². The van der Waals surface area contributed by atoms with Crippen molar-refractivity contribution in [2.45, 2.75) is 26.4 Å². The highest BCUT2D eigenvalue weighted by molar-refractivity contribution is 5.79. The summed E-state index contributed by atoms with van der Waals surface area (Å²) >= 11 is 0. The fourth-order valence-corrected chi connectivity index (χ4v) is 2.83. The molecule has 0 aliphatic carbocycles. The third kappa shape index (κ3) is 4.30. The van der Waals surface area contributed by atoms with Gasteiger partial charge < -0.3 is 19.3 Å². The van der Waals surface area contributed by atoms with Gasteiger partial charge in [-0.1, -0.05) is 26.0 Å². The largest absolute Gasteiger partial charge is 0.493 e. The molecule has 0 saturated carbocycles. The normalized spacial score (nSPS) is 11.0. The fraction of sp³-hybridized carbons (Fsp3) is 0.400. The topological polar surface area (TPSA) is 47.9 Å². The predicted molar refractivity (Wildman–Crippen MR) is 95.8 cm³/mol. The molecule has 0 spiro atoms. The summed E-state index contributed by atoms with van der Waals surface area (Å²) in [4.78, 5) is 0. The molecule has 0 bridgehead atoms. The number of rotatable bonds is 8. The van der Waals surface area contributed by atoms with Gasteiger partial charge in [-0.25, -0.2) is 4.39 Å². The first-order valence-corrected chi connectivity index (χ1v) is 8.25. The van der Waals surface area contributed by atoms with Crippen molar-refractivity contribution in [3.63, 3.8) is 0 Å². The molecular formula is C20H25FO4. The van der Waals surface area contributed by atoms with Gasteiger partial charge in [0.25, 0.3) is 0 Å². The van der Waals surface area contributed by atoms with Gasteiger partial charge in [-0.15, -0.1) is 0 Å². The van der Waals surface area contributed by atoms with Crippen LogP contribution in [0.2, 0.25) is 0 Å². The maximum Gasteiger partial charge on any atom is 0.169 e. The summed E-state index contributed by atoms with van der Waals surface area (Å²) in [6.45, 7) is 4.71. The lowest BCUT2D eigenvalue weighted by molar-refractivity contribution is 0.144. The average Bonchev–Trinajstić information content (AvgIpc) is 2.61. The molecule has 2 aromatic rings. The van der Waals surface area contributed by atoms with E-state index in [0.717, 1.165) is 22.3 Å². The lowest BCUT2D eigenvalue weighted by Crippen LogP contribution is -2.09. The van der Waals surface area contributed by atoms with Crippen LogP contribution in [0.15, 0.2) is 30.3 Å². The number of aliphatic hydroxyl groups is 1. The van der Waals surface area contributed by atoms with Crippen molar-refractivity contribution < 1.29 is 23.7 Å². The Morgan fingerprint density at radius 2 is 1.76 bits per heavy atom. The highest BCUT2D eigenvalue weighted by Crippen LogP contribution is 2.44. The van der Waals surface area contributed by atoms with Crippen LogP contribution >= 0.6 is 0 Å². The van der Waals surface area contributed by atoms with Crippen LogP contribution in [0.4, 0.5) is 4.39 Å². The van der Waals surface area contributed by atoms with Crippen LogP contribution in [-0.4, -0.2) is 32.5 Å². The molecule has 0 heterocycles. The minimum absolute atomic E-state index is 0.148. The summed E-state index contributed by atoms with van der Waals surface area (Å²) < 4.78 is 29.9. The summed E-state index contributed by atoms with van der Waals surface area (Å²) in [6, 6.07) is 8.03. The van der Waals surface area contributed by atoms with E-state index in [4.69, 9.17) is 14.2 Å². The van der Waals surface area contributed by atoms with Crippen molar-refractivity contribution in [3.8, 4) is 22.6 Å². The van der Waals surface area contributed by atoms with Crippen molar-refractivity contribution in [2.75, 3.05) is 27.4 Å². The zero-order chi connectivity index (χ0) is 18.4. The molecule has 2 rings (SSSR count). The van der Waals surface area contributed by atoms with Gasteiger partial charge >= 0.3 is 0 Å². The average molecular weight is 348 g/mol. The molecule has 2 aromatic carbocycles. The molecule has 1 N–H and O–H groups in total. The van der Waals surface area contributed by atoms with Crippen LogP contribution in [0.3, 0.4) is 0 Å². The zero-order valence-corrected chi connectivity index (χ0v) is 15.1. The number of hydrogen-bond acceptors (Lipinski definition) is 4. The van der Waals surface area contributed by atoms with Crippen LogP contribution < -0.4 is 9.47 Å². The number of hydrogen-bond donors (Lipinski definition) is 1. The SMILES string of the molecule is COCCOc1c(OC)cc(C(C)C)c(CO)c1-c1ccc(F)cc1. The smallest absolute Gasteiger partial charge is 0.169 e. The maximum absolute atomic E-state index is 13.4. The van der Waals surface area contributed by atoms with Crippen molar-refractivity contribution in [2.24, 2.45) is 0 Å². The van der Waals surface area contributed by atoms with Crippen LogP contribution in [0.1, 0.15) is 30.9 Å². The van der Waals surface area contributed by atoms with Crippen molar-refractivity contribution in [1.82, 2.24) is 0 Å². The summed E-state index contributed by atoms with van der Waals surface area (Å²) in [6.07, 6.45) is 0. The molecule has 25 heavy (non-hydrogen) atoms. The Bertz CT molecular complexity index is 696. The number of halogens is 1. The molecule has 0 saturated heterocycles. The third-order valence-electron chi connectivity index (χ3n) is 4.05. The van der Waals surface area contributed by atoms with E-state index in [9.17, 15) is 9.50 Å². The molecule has 4 nitrogen and oxygen atoms in total. The van der Waals surface area contributed by atoms with E-state index in [2.05, 4.69) is 0 Å². The van der Waals surface area contributed by atoms with Gasteiger partial charge in [0, 0.05) is 12.7 Å². The first kappa shape index (κ1) is 19.2. The van der Waals surface area contributed by atoms with Gasteiger partial charge in [0.15, 0.2) is 11.5 Å². The minimum atomic E-state index is -0.317. The Labute approximate surface area is 148 Å². The molecular weight excluding hydrogens is 323 g/mol. The van der Waals surface area contributed by atoms with Crippen LogP contribution in [-0.2, 0) is 11.3 Å². The first-order valence-electron chi connectivity index (χ1n) is 8.25. The van der Waals surface area contributed by atoms with E-state index in [0.29, 0.717) is 24.7 Å². The van der Waals surface area contributed by atoms with Gasteiger partial charge in [0.2, 0.25) is 0 Å². The van der Waals surface area contributed by atoms with E-state index in [1.807, 2.05) is 19.9 Å². The number of methoxy groups -OCH3 is 2. The molecule has 0 unspecified atom stereocenters. The van der Waals surface area contributed by atoms with Gasteiger partial charge in [-0.05, 0) is 40.8 Å². The summed E-state index contributed by atoms with van der Waals surface area (Å²) in [5.41, 5.74) is 3.22. The van der Waals surface area contributed by atoms with E-state index in [-0.39, 0.29) is 18.3 Å². The van der Waals surface area contributed by atoms with Gasteiger partial charge in [-0.3, -0.25) is 0 Å². The van der Waals surface area contributed by atoms with E-state index < -0.39 is 0 Å². The van der Waals surface area contributed by atoms with E-state index >= 15 is 0 Å². The standard InChI is InChI=1S/C20H25FO4/c1-13(2)16-11-18(24-4)20(25-10-9-23-3)19(17(16)12-22)14-5-7-15(21)8-6-14/h5-8,11,13,22H,9-10,12H2,1-4H3. The van der Waals surface area contributed by atoms with Gasteiger partial charge in [-0.2, -0.15) is 0 Å². The second kappa shape index (κ2) is 8.83. The predicted octanol–water partition coefficient (Wildman–Crippen LogP) is 4.14. The van der Waals surface area contributed by atoms with Crippen LogP contribution in [0.25, 0.3) is 11.1 Å². The first-order chi connectivity index (χ1) is 12.0. The number of benzene rings is 2. The molecule has 0 fully saturated rings. The Kier molecular flexibility index (Phi) is 6.79. The molecule has 0 atom stereocenters. The van der Waals surface area contributed by atoms with Crippen molar-refractivity contribution >= 4 is 0 Å². The summed E-state index contributed by atoms with van der Waals surface area (Å²) in [7, 11) is 3.18. The molecule has 0 aliphatic heterocycles. The van der Waals surface area contributed by atoms with Gasteiger partial charge in [0.1, 0.15) is 12.4 Å². The maximum atomic E-state index is 13.4. The van der Waals surface area contributed by atoms with E-state index in [1.54, 1.807) is 26.4 Å². The summed E-state index contributed by atoms with van der Waals surface area (Å²) in [5.74, 6) is 0.974. The molecule has 5 heteroatoms. The number of ether oxygens (including phenoxy) is 3. The van der Waals surface area contributed by atoms with Gasteiger partial charge in [0.05, 0.1) is 20.3 Å². The third-order valence-corrected chi connectivity index (χ3v) is 4.05. The van der Waals surface area contributed by atoms with E-state index in [1.165, 1.54) is 12.1 Å². The minimum Gasteiger partial charge on any atom is -0.493 e. The second-order valence-corrected chi connectivity index (χ2v) is 6.01. The monoisotopic (exact) mass is 348 g/mol. The molecule has 0 aliphatic rings. The summed E-state index contributed by atoms with van der Waals surface area (Å²) in [5, 5.41) is 10.0. The molecule has 136 valence electrons. The van der Waals surface area contributed by atoms with Crippen LogP contribution in [0.5, 0.6) is 11.5 Å².